The molecule has 1 aromatic heterocycles. The molecule has 0 aliphatic carbocycles. The zero-order valence-corrected chi connectivity index (χ0v) is 12.9. The van der Waals surface area contributed by atoms with Gasteiger partial charge in [-0.05, 0) is 38.0 Å². The summed E-state index contributed by atoms with van der Waals surface area (Å²) in [6.45, 7) is 3.35. The minimum Gasteiger partial charge on any atom is -0.451 e. The predicted molar refractivity (Wildman–Crippen MR) is 81.8 cm³/mol. The number of likely N-dealkylation sites (tertiary alicyclic amines) is 1. The van der Waals surface area contributed by atoms with Crippen molar-refractivity contribution in [1.29, 1.82) is 0 Å². The first-order valence-electron chi connectivity index (χ1n) is 6.80. The third kappa shape index (κ3) is 2.36. The molecule has 0 unspecified atom stereocenters. The predicted octanol–water partition coefficient (Wildman–Crippen LogP) is 3.07. The van der Waals surface area contributed by atoms with Crippen molar-refractivity contribution in [3.63, 3.8) is 0 Å². The Morgan fingerprint density at radius 3 is 2.80 bits per heavy atom. The quantitative estimate of drug-likeness (QED) is 0.870. The number of amides is 1. The fraction of sp³-hybridized carbons (Fsp3) is 0.400. The highest BCUT2D eigenvalue weighted by atomic mass is 79.9. The van der Waals surface area contributed by atoms with Gasteiger partial charge in [0, 0.05) is 34.6 Å². The number of nitrogens with two attached hydrogens (primary N) is 1. The van der Waals surface area contributed by atoms with E-state index in [9.17, 15) is 4.79 Å². The van der Waals surface area contributed by atoms with Crippen molar-refractivity contribution in [3.8, 4) is 0 Å². The van der Waals surface area contributed by atoms with Crippen LogP contribution in [0.3, 0.4) is 0 Å². The number of halogens is 1. The van der Waals surface area contributed by atoms with Crippen LogP contribution in [0, 0.1) is 6.92 Å². The first kappa shape index (κ1) is 13.6. The van der Waals surface area contributed by atoms with Gasteiger partial charge in [0.15, 0.2) is 5.76 Å². The van der Waals surface area contributed by atoms with E-state index in [4.69, 9.17) is 10.2 Å². The lowest BCUT2D eigenvalue weighted by atomic mass is 10.1. The zero-order chi connectivity index (χ0) is 14.3. The number of nitrogens with zero attached hydrogens (tertiary/aromatic N) is 1. The molecule has 1 saturated heterocycles. The van der Waals surface area contributed by atoms with Crippen molar-refractivity contribution in [3.05, 3.63) is 34.0 Å². The summed E-state index contributed by atoms with van der Waals surface area (Å²) < 4.78 is 6.74. The molecule has 0 saturated carbocycles. The molecule has 1 aromatic carbocycles. The molecule has 1 aliphatic heterocycles. The Hall–Kier alpha value is -1.33. The number of hydrogen-bond donors (Lipinski definition) is 1. The van der Waals surface area contributed by atoms with E-state index in [0.29, 0.717) is 18.8 Å². The van der Waals surface area contributed by atoms with Gasteiger partial charge < -0.3 is 15.1 Å². The maximum atomic E-state index is 12.6. The molecule has 4 nitrogen and oxygen atoms in total. The highest BCUT2D eigenvalue weighted by Gasteiger charge is 2.26. The van der Waals surface area contributed by atoms with Crippen LogP contribution in [-0.4, -0.2) is 29.9 Å². The zero-order valence-electron chi connectivity index (χ0n) is 11.4. The van der Waals surface area contributed by atoms with Crippen molar-refractivity contribution in [2.24, 2.45) is 5.73 Å². The summed E-state index contributed by atoms with van der Waals surface area (Å²) in [7, 11) is 0. The molecule has 0 bridgehead atoms. The van der Waals surface area contributed by atoms with Crippen LogP contribution in [0.1, 0.15) is 29.0 Å². The van der Waals surface area contributed by atoms with Gasteiger partial charge in [-0.1, -0.05) is 15.9 Å². The number of piperidine rings is 1. The number of hydrogen-bond acceptors (Lipinski definition) is 3. The van der Waals surface area contributed by atoms with E-state index in [1.165, 1.54) is 0 Å². The lowest BCUT2D eigenvalue weighted by Gasteiger charge is -2.29. The molecule has 106 valence electrons. The van der Waals surface area contributed by atoms with Crippen LogP contribution in [-0.2, 0) is 0 Å². The van der Waals surface area contributed by atoms with E-state index in [-0.39, 0.29) is 11.9 Å². The van der Waals surface area contributed by atoms with Gasteiger partial charge in [-0.2, -0.15) is 0 Å². The van der Waals surface area contributed by atoms with Gasteiger partial charge in [-0.3, -0.25) is 4.79 Å². The van der Waals surface area contributed by atoms with Gasteiger partial charge in [0.2, 0.25) is 0 Å². The Balaban J connectivity index is 1.93. The fourth-order valence-corrected chi connectivity index (χ4v) is 3.00. The molecule has 1 aliphatic rings. The third-order valence-electron chi connectivity index (χ3n) is 3.92. The van der Waals surface area contributed by atoms with Gasteiger partial charge in [-0.25, -0.2) is 0 Å². The topological polar surface area (TPSA) is 59.5 Å². The van der Waals surface area contributed by atoms with Crippen LogP contribution in [0.15, 0.2) is 27.1 Å². The summed E-state index contributed by atoms with van der Waals surface area (Å²) in [5.41, 5.74) is 7.53. The van der Waals surface area contributed by atoms with Crippen LogP contribution in [0.4, 0.5) is 0 Å². The molecule has 20 heavy (non-hydrogen) atoms. The average molecular weight is 337 g/mol. The third-order valence-corrected chi connectivity index (χ3v) is 4.41. The van der Waals surface area contributed by atoms with E-state index >= 15 is 0 Å². The minimum atomic E-state index is -0.0262. The van der Waals surface area contributed by atoms with E-state index in [1.54, 1.807) is 0 Å². The Kier molecular flexibility index (Phi) is 3.56. The molecule has 0 atom stereocenters. The van der Waals surface area contributed by atoms with E-state index in [2.05, 4.69) is 15.9 Å². The van der Waals surface area contributed by atoms with Crippen molar-refractivity contribution in [2.45, 2.75) is 25.8 Å². The van der Waals surface area contributed by atoms with Crippen molar-refractivity contribution in [1.82, 2.24) is 4.90 Å². The van der Waals surface area contributed by atoms with Crippen LogP contribution in [0.2, 0.25) is 0 Å². The second-order valence-electron chi connectivity index (χ2n) is 5.33. The maximum Gasteiger partial charge on any atom is 0.289 e. The number of furan rings is 1. The number of carbonyl (C=O) groups is 1. The molecule has 0 radical (unpaired) electrons. The largest absolute Gasteiger partial charge is 0.451 e. The number of aryl methyl sites for hydroxylation is 1. The van der Waals surface area contributed by atoms with Crippen molar-refractivity contribution < 1.29 is 9.21 Å². The van der Waals surface area contributed by atoms with E-state index in [1.807, 2.05) is 30.0 Å². The molecule has 1 amide bonds. The van der Waals surface area contributed by atoms with E-state index < -0.39 is 0 Å². The number of fused-ring (bicyclic) bond motifs is 1. The second-order valence-corrected chi connectivity index (χ2v) is 6.24. The second kappa shape index (κ2) is 5.22. The van der Waals surface area contributed by atoms with Gasteiger partial charge in [-0.15, -0.1) is 0 Å². The molecule has 0 spiro atoms. The van der Waals surface area contributed by atoms with Crippen LogP contribution < -0.4 is 5.73 Å². The molecule has 2 aromatic rings. The van der Waals surface area contributed by atoms with Crippen molar-refractivity contribution in [2.75, 3.05) is 13.1 Å². The first-order chi connectivity index (χ1) is 9.56. The lowest BCUT2D eigenvalue weighted by Crippen LogP contribution is -2.42. The number of carbonyl (C=O) groups excluding carboxylic acids is 1. The normalized spacial score (nSPS) is 16.9. The molecule has 1 fully saturated rings. The Labute approximate surface area is 126 Å². The minimum absolute atomic E-state index is 0.0262. The molecular weight excluding hydrogens is 320 g/mol. The molecule has 2 N–H and O–H groups in total. The summed E-state index contributed by atoms with van der Waals surface area (Å²) >= 11 is 3.45. The van der Waals surface area contributed by atoms with Gasteiger partial charge in [0.05, 0.1) is 0 Å². The van der Waals surface area contributed by atoms with Gasteiger partial charge in [0.1, 0.15) is 5.58 Å². The van der Waals surface area contributed by atoms with E-state index in [0.717, 1.165) is 33.8 Å². The average Bonchev–Trinajstić information content (AvgIpc) is 2.76. The monoisotopic (exact) mass is 336 g/mol. The SMILES string of the molecule is Cc1c(C(=O)N2CCC(N)CC2)oc2ccc(Br)cc12. The first-order valence-corrected chi connectivity index (χ1v) is 7.59. The Bertz CT molecular complexity index is 657. The smallest absolute Gasteiger partial charge is 0.289 e. The highest BCUT2D eigenvalue weighted by Crippen LogP contribution is 2.29. The molecule has 3 rings (SSSR count). The summed E-state index contributed by atoms with van der Waals surface area (Å²) in [5, 5.41) is 0.983. The lowest BCUT2D eigenvalue weighted by molar-refractivity contribution is 0.0684. The maximum absolute atomic E-state index is 12.6. The van der Waals surface area contributed by atoms with Gasteiger partial charge >= 0.3 is 0 Å². The van der Waals surface area contributed by atoms with Crippen LogP contribution >= 0.6 is 15.9 Å². The van der Waals surface area contributed by atoms with Crippen LogP contribution in [0.5, 0.6) is 0 Å². The molecule has 2 heterocycles. The summed E-state index contributed by atoms with van der Waals surface area (Å²) in [5.74, 6) is 0.426. The molecule has 5 heteroatoms. The van der Waals surface area contributed by atoms with Crippen LogP contribution in [0.25, 0.3) is 11.0 Å². The Morgan fingerprint density at radius 1 is 1.40 bits per heavy atom. The summed E-state index contributed by atoms with van der Waals surface area (Å²) in [6, 6.07) is 6.00. The fourth-order valence-electron chi connectivity index (χ4n) is 2.64. The summed E-state index contributed by atoms with van der Waals surface area (Å²) in [6.07, 6.45) is 1.72. The Morgan fingerprint density at radius 2 is 2.10 bits per heavy atom. The number of rotatable bonds is 1. The van der Waals surface area contributed by atoms with Crippen molar-refractivity contribution >= 4 is 32.8 Å². The molecular formula is C15H17BrN2O2. The van der Waals surface area contributed by atoms with Gasteiger partial charge in [0.25, 0.3) is 5.91 Å². The number of benzene rings is 1. The summed E-state index contributed by atoms with van der Waals surface area (Å²) in [4.78, 5) is 14.4. The highest BCUT2D eigenvalue weighted by molar-refractivity contribution is 9.10. The standard InChI is InChI=1S/C15H17BrN2O2/c1-9-12-8-10(16)2-3-13(12)20-14(9)15(19)18-6-4-11(17)5-7-18/h2-3,8,11H,4-7,17H2,1H3.